The van der Waals surface area contributed by atoms with Crippen molar-refractivity contribution in [3.05, 3.63) is 0 Å². The van der Waals surface area contributed by atoms with E-state index in [1.807, 2.05) is 14.0 Å². The number of hydrogen-bond donors (Lipinski definition) is 1. The highest BCUT2D eigenvalue weighted by molar-refractivity contribution is 5.74. The number of carbonyl (C=O) groups excluding carboxylic acids is 1. The van der Waals surface area contributed by atoms with E-state index in [2.05, 4.69) is 12.2 Å². The second-order valence-electron chi connectivity index (χ2n) is 4.90. The number of urea groups is 1. The zero-order valence-electron chi connectivity index (χ0n) is 11.0. The zero-order valence-corrected chi connectivity index (χ0v) is 11.0. The topological polar surface area (TPSA) is 32.3 Å². The number of unbranched alkanes of at least 4 members (excludes halogenated alkanes) is 1. The van der Waals surface area contributed by atoms with Crippen LogP contribution < -0.4 is 5.32 Å². The molecule has 1 rings (SSSR count). The van der Waals surface area contributed by atoms with E-state index < -0.39 is 0 Å². The van der Waals surface area contributed by atoms with Crippen LogP contribution in [0.3, 0.4) is 0 Å². The van der Waals surface area contributed by atoms with Crippen LogP contribution in [-0.4, -0.2) is 30.6 Å². The Balaban J connectivity index is 2.37. The summed E-state index contributed by atoms with van der Waals surface area (Å²) in [5.74, 6) is 0.717. The van der Waals surface area contributed by atoms with Gasteiger partial charge in [0.25, 0.3) is 0 Å². The Morgan fingerprint density at radius 2 is 2.12 bits per heavy atom. The Morgan fingerprint density at radius 3 is 2.75 bits per heavy atom. The fraction of sp³-hybridized carbons (Fsp3) is 0.923. The van der Waals surface area contributed by atoms with E-state index >= 15 is 0 Å². The Morgan fingerprint density at radius 1 is 1.38 bits per heavy atom. The van der Waals surface area contributed by atoms with Crippen LogP contribution >= 0.6 is 0 Å². The van der Waals surface area contributed by atoms with Gasteiger partial charge in [0.1, 0.15) is 0 Å². The third-order valence-corrected chi connectivity index (χ3v) is 3.72. The lowest BCUT2D eigenvalue weighted by Gasteiger charge is -2.24. The summed E-state index contributed by atoms with van der Waals surface area (Å²) < 4.78 is 0. The SMILES string of the molecule is CCCCC1CCCC1NC(=O)N(C)CC. The summed E-state index contributed by atoms with van der Waals surface area (Å²) in [5, 5.41) is 3.18. The van der Waals surface area contributed by atoms with Gasteiger partial charge in [-0.3, -0.25) is 0 Å². The van der Waals surface area contributed by atoms with E-state index in [1.54, 1.807) is 4.90 Å². The molecule has 2 amide bonds. The third kappa shape index (κ3) is 3.69. The third-order valence-electron chi connectivity index (χ3n) is 3.72. The van der Waals surface area contributed by atoms with Crippen LogP contribution in [0, 0.1) is 5.92 Å². The maximum atomic E-state index is 11.8. The monoisotopic (exact) mass is 226 g/mol. The van der Waals surface area contributed by atoms with Gasteiger partial charge in [-0.1, -0.05) is 26.2 Å². The first kappa shape index (κ1) is 13.3. The molecule has 0 radical (unpaired) electrons. The van der Waals surface area contributed by atoms with E-state index in [0.29, 0.717) is 12.0 Å². The van der Waals surface area contributed by atoms with Gasteiger partial charge in [-0.2, -0.15) is 0 Å². The van der Waals surface area contributed by atoms with Crippen LogP contribution in [0.4, 0.5) is 4.79 Å². The average Bonchev–Trinajstić information content (AvgIpc) is 2.72. The minimum absolute atomic E-state index is 0.0934. The molecule has 1 fully saturated rings. The van der Waals surface area contributed by atoms with Gasteiger partial charge < -0.3 is 10.2 Å². The maximum absolute atomic E-state index is 11.8. The van der Waals surface area contributed by atoms with E-state index in [4.69, 9.17) is 0 Å². The molecule has 1 aliphatic carbocycles. The molecule has 1 N–H and O–H groups in total. The second kappa shape index (κ2) is 6.77. The predicted octanol–water partition coefficient (Wildman–Crippen LogP) is 3.01. The van der Waals surface area contributed by atoms with Gasteiger partial charge in [-0.25, -0.2) is 4.79 Å². The van der Waals surface area contributed by atoms with Gasteiger partial charge in [0.05, 0.1) is 0 Å². The molecule has 0 saturated heterocycles. The molecular formula is C13H26N2O. The molecule has 0 aromatic carbocycles. The van der Waals surface area contributed by atoms with Crippen LogP contribution in [0.15, 0.2) is 0 Å². The van der Waals surface area contributed by atoms with Gasteiger partial charge in [0.15, 0.2) is 0 Å². The summed E-state index contributed by atoms with van der Waals surface area (Å²) in [6.45, 7) is 5.01. The highest BCUT2D eigenvalue weighted by Crippen LogP contribution is 2.29. The van der Waals surface area contributed by atoms with Crippen LogP contribution in [0.1, 0.15) is 52.4 Å². The summed E-state index contributed by atoms with van der Waals surface area (Å²) in [5.41, 5.74) is 0. The molecule has 16 heavy (non-hydrogen) atoms. The lowest BCUT2D eigenvalue weighted by atomic mass is 9.97. The first-order valence-electron chi connectivity index (χ1n) is 6.70. The molecular weight excluding hydrogens is 200 g/mol. The molecule has 1 saturated carbocycles. The van der Waals surface area contributed by atoms with Crippen molar-refractivity contribution >= 4 is 6.03 Å². The number of amides is 2. The number of nitrogens with one attached hydrogen (secondary N) is 1. The van der Waals surface area contributed by atoms with Crippen LogP contribution in [-0.2, 0) is 0 Å². The normalized spacial score (nSPS) is 24.4. The van der Waals surface area contributed by atoms with Crippen molar-refractivity contribution in [3.63, 3.8) is 0 Å². The lowest BCUT2D eigenvalue weighted by Crippen LogP contribution is -2.44. The summed E-state index contributed by atoms with van der Waals surface area (Å²) in [7, 11) is 1.85. The minimum Gasteiger partial charge on any atom is -0.335 e. The second-order valence-corrected chi connectivity index (χ2v) is 4.90. The van der Waals surface area contributed by atoms with Crippen molar-refractivity contribution in [3.8, 4) is 0 Å². The van der Waals surface area contributed by atoms with Crippen molar-refractivity contribution < 1.29 is 4.79 Å². The minimum atomic E-state index is 0.0934. The van der Waals surface area contributed by atoms with Crippen LogP contribution in [0.2, 0.25) is 0 Å². The van der Waals surface area contributed by atoms with Gasteiger partial charge >= 0.3 is 6.03 Å². The smallest absolute Gasteiger partial charge is 0.317 e. The number of carbonyl (C=O) groups is 1. The van der Waals surface area contributed by atoms with Crippen molar-refractivity contribution in [1.82, 2.24) is 10.2 Å². The Labute approximate surface area is 99.6 Å². The van der Waals surface area contributed by atoms with Crippen molar-refractivity contribution in [2.45, 2.75) is 58.4 Å². The summed E-state index contributed by atoms with van der Waals surface area (Å²) in [6.07, 6.45) is 7.55. The van der Waals surface area contributed by atoms with Gasteiger partial charge in [0, 0.05) is 19.6 Å². The van der Waals surface area contributed by atoms with E-state index in [-0.39, 0.29) is 6.03 Å². The molecule has 94 valence electrons. The Hall–Kier alpha value is -0.730. The fourth-order valence-corrected chi connectivity index (χ4v) is 2.45. The molecule has 0 spiro atoms. The Bertz CT molecular complexity index is 218. The first-order valence-corrected chi connectivity index (χ1v) is 6.70. The molecule has 0 aliphatic heterocycles. The number of nitrogens with zero attached hydrogens (tertiary/aromatic N) is 1. The predicted molar refractivity (Wildman–Crippen MR) is 67.5 cm³/mol. The number of hydrogen-bond acceptors (Lipinski definition) is 1. The summed E-state index contributed by atoms with van der Waals surface area (Å²) in [6, 6.07) is 0.518. The molecule has 2 unspecified atom stereocenters. The maximum Gasteiger partial charge on any atom is 0.317 e. The van der Waals surface area contributed by atoms with Crippen molar-refractivity contribution in [2.24, 2.45) is 5.92 Å². The molecule has 0 bridgehead atoms. The Kier molecular flexibility index (Phi) is 5.64. The average molecular weight is 226 g/mol. The molecule has 3 nitrogen and oxygen atoms in total. The zero-order chi connectivity index (χ0) is 12.0. The molecule has 3 heteroatoms. The highest BCUT2D eigenvalue weighted by atomic mass is 16.2. The molecule has 1 aliphatic rings. The standard InChI is InChI=1S/C13H26N2O/c1-4-6-8-11-9-7-10-12(11)14-13(16)15(3)5-2/h11-12H,4-10H2,1-3H3,(H,14,16). The van der Waals surface area contributed by atoms with Gasteiger partial charge in [-0.05, 0) is 32.1 Å². The molecule has 2 atom stereocenters. The molecule has 0 heterocycles. The highest BCUT2D eigenvalue weighted by Gasteiger charge is 2.28. The van der Waals surface area contributed by atoms with E-state index in [9.17, 15) is 4.79 Å². The van der Waals surface area contributed by atoms with E-state index in [1.165, 1.54) is 32.1 Å². The van der Waals surface area contributed by atoms with E-state index in [0.717, 1.165) is 13.0 Å². The fourth-order valence-electron chi connectivity index (χ4n) is 2.45. The van der Waals surface area contributed by atoms with Crippen LogP contribution in [0.5, 0.6) is 0 Å². The summed E-state index contributed by atoms with van der Waals surface area (Å²) in [4.78, 5) is 13.5. The summed E-state index contributed by atoms with van der Waals surface area (Å²) >= 11 is 0. The lowest BCUT2D eigenvalue weighted by molar-refractivity contribution is 0.202. The molecule has 0 aromatic rings. The van der Waals surface area contributed by atoms with Gasteiger partial charge in [-0.15, -0.1) is 0 Å². The van der Waals surface area contributed by atoms with Crippen molar-refractivity contribution in [1.29, 1.82) is 0 Å². The quantitative estimate of drug-likeness (QED) is 0.768. The first-order chi connectivity index (χ1) is 7.69. The van der Waals surface area contributed by atoms with Gasteiger partial charge in [0.2, 0.25) is 0 Å². The van der Waals surface area contributed by atoms with Crippen LogP contribution in [0.25, 0.3) is 0 Å². The largest absolute Gasteiger partial charge is 0.335 e. The molecule has 0 aromatic heterocycles. The number of rotatable bonds is 5. The van der Waals surface area contributed by atoms with Crippen molar-refractivity contribution in [2.75, 3.05) is 13.6 Å².